The lowest BCUT2D eigenvalue weighted by atomic mass is 10.2. The van der Waals surface area contributed by atoms with E-state index in [1.807, 2.05) is 0 Å². The number of carbonyl (C=O) groups excluding carboxylic acids is 1. The molecule has 0 atom stereocenters. The van der Waals surface area contributed by atoms with Crippen molar-refractivity contribution < 1.29 is 9.32 Å². The Hall–Kier alpha value is -1.32. The monoisotopic (exact) mass is 166 g/mol. The summed E-state index contributed by atoms with van der Waals surface area (Å²) in [4.78, 5) is 10.9. The molecule has 1 aliphatic rings. The molecule has 2 N–H and O–H groups in total. The zero-order chi connectivity index (χ0) is 8.72. The van der Waals surface area contributed by atoms with E-state index in [9.17, 15) is 4.79 Å². The minimum atomic E-state index is -0.160. The number of nitrogens with zero attached hydrogens (tertiary/aromatic N) is 1. The summed E-state index contributed by atoms with van der Waals surface area (Å²) in [6.07, 6.45) is 2.21. The first kappa shape index (κ1) is 7.34. The molecule has 1 aromatic heterocycles. The van der Waals surface area contributed by atoms with E-state index in [0.717, 1.165) is 18.5 Å². The molecule has 0 saturated heterocycles. The van der Waals surface area contributed by atoms with Gasteiger partial charge in [0.15, 0.2) is 5.78 Å². The van der Waals surface area contributed by atoms with Gasteiger partial charge in [0.2, 0.25) is 5.76 Å². The van der Waals surface area contributed by atoms with Gasteiger partial charge in [0.05, 0.1) is 0 Å². The molecule has 1 aliphatic carbocycles. The van der Waals surface area contributed by atoms with Gasteiger partial charge in [0, 0.05) is 12.8 Å². The number of ketones is 1. The Bertz CT molecular complexity index is 326. The summed E-state index contributed by atoms with van der Waals surface area (Å²) >= 11 is 0. The van der Waals surface area contributed by atoms with E-state index in [2.05, 4.69) is 5.16 Å². The van der Waals surface area contributed by atoms with E-state index in [0.29, 0.717) is 11.6 Å². The van der Waals surface area contributed by atoms with E-state index in [4.69, 9.17) is 10.3 Å². The Morgan fingerprint density at radius 3 is 2.75 bits per heavy atom. The Morgan fingerprint density at radius 1 is 1.67 bits per heavy atom. The fourth-order valence-corrected chi connectivity index (χ4v) is 1.21. The summed E-state index contributed by atoms with van der Waals surface area (Å²) in [7, 11) is 0. The number of nitrogen functional groups attached to an aromatic ring is 1. The highest BCUT2D eigenvalue weighted by Gasteiger charge is 2.31. The minimum Gasteiger partial charge on any atom is -0.394 e. The molecule has 0 bridgehead atoms. The van der Waals surface area contributed by atoms with E-state index in [-0.39, 0.29) is 11.5 Å². The quantitative estimate of drug-likeness (QED) is 0.673. The topological polar surface area (TPSA) is 69.1 Å². The van der Waals surface area contributed by atoms with E-state index in [1.165, 1.54) is 6.92 Å². The van der Waals surface area contributed by atoms with Crippen LogP contribution >= 0.6 is 0 Å². The van der Waals surface area contributed by atoms with Gasteiger partial charge in [-0.1, -0.05) is 5.16 Å². The SMILES string of the molecule is CC(=O)c1onc(C2CC2)c1N. The van der Waals surface area contributed by atoms with Crippen LogP contribution in [-0.4, -0.2) is 10.9 Å². The highest BCUT2D eigenvalue weighted by atomic mass is 16.5. The van der Waals surface area contributed by atoms with E-state index in [1.54, 1.807) is 0 Å². The molecule has 4 nitrogen and oxygen atoms in total. The summed E-state index contributed by atoms with van der Waals surface area (Å²) < 4.78 is 4.83. The van der Waals surface area contributed by atoms with Crippen LogP contribution < -0.4 is 5.73 Å². The average Bonchev–Trinajstić information content (AvgIpc) is 2.75. The van der Waals surface area contributed by atoms with Gasteiger partial charge in [0.1, 0.15) is 11.4 Å². The second kappa shape index (κ2) is 2.33. The third-order valence-electron chi connectivity index (χ3n) is 2.04. The van der Waals surface area contributed by atoms with E-state index >= 15 is 0 Å². The van der Waals surface area contributed by atoms with Crippen molar-refractivity contribution in [3.05, 3.63) is 11.5 Å². The first-order chi connectivity index (χ1) is 5.70. The molecular weight excluding hydrogens is 156 g/mol. The maximum atomic E-state index is 10.9. The highest BCUT2D eigenvalue weighted by molar-refractivity contribution is 5.96. The predicted molar refractivity (Wildman–Crippen MR) is 42.9 cm³/mol. The summed E-state index contributed by atoms with van der Waals surface area (Å²) in [5.41, 5.74) is 6.87. The number of nitrogens with two attached hydrogens (primary N) is 1. The number of hydrogen-bond acceptors (Lipinski definition) is 4. The first-order valence-electron chi connectivity index (χ1n) is 3.96. The summed E-state index contributed by atoms with van der Waals surface area (Å²) in [5.74, 6) is 0.477. The van der Waals surface area contributed by atoms with Crippen LogP contribution in [0.5, 0.6) is 0 Å². The molecule has 2 rings (SSSR count). The molecule has 1 saturated carbocycles. The molecule has 1 fully saturated rings. The van der Waals surface area contributed by atoms with Crippen LogP contribution in [-0.2, 0) is 0 Å². The average molecular weight is 166 g/mol. The van der Waals surface area contributed by atoms with Crippen LogP contribution in [0.4, 0.5) is 5.69 Å². The summed E-state index contributed by atoms with van der Waals surface area (Å²) in [6.45, 7) is 1.42. The van der Waals surface area contributed by atoms with Crippen molar-refractivity contribution in [2.24, 2.45) is 0 Å². The normalized spacial score (nSPS) is 16.4. The highest BCUT2D eigenvalue weighted by Crippen LogP contribution is 2.42. The number of rotatable bonds is 2. The second-order valence-corrected chi connectivity index (χ2v) is 3.14. The number of Topliss-reactive ketones (excluding diaryl/α,β-unsaturated/α-hetero) is 1. The van der Waals surface area contributed by atoms with Gasteiger partial charge in [-0.15, -0.1) is 0 Å². The molecule has 0 amide bonds. The van der Waals surface area contributed by atoms with Gasteiger partial charge in [-0.3, -0.25) is 4.79 Å². The van der Waals surface area contributed by atoms with Gasteiger partial charge >= 0.3 is 0 Å². The molecular formula is C8H10N2O2. The zero-order valence-electron chi connectivity index (χ0n) is 6.83. The summed E-state index contributed by atoms with van der Waals surface area (Å²) in [6, 6.07) is 0. The van der Waals surface area contributed by atoms with Crippen LogP contribution in [0.25, 0.3) is 0 Å². The number of aromatic nitrogens is 1. The molecule has 0 radical (unpaired) electrons. The minimum absolute atomic E-state index is 0.160. The fraction of sp³-hybridized carbons (Fsp3) is 0.500. The van der Waals surface area contributed by atoms with Crippen molar-refractivity contribution in [1.29, 1.82) is 0 Å². The third kappa shape index (κ3) is 0.995. The molecule has 0 aliphatic heterocycles. The maximum absolute atomic E-state index is 10.9. The smallest absolute Gasteiger partial charge is 0.225 e. The Labute approximate surface area is 69.7 Å². The van der Waals surface area contributed by atoms with Crippen LogP contribution in [0, 0.1) is 0 Å². The van der Waals surface area contributed by atoms with Crippen LogP contribution in [0.3, 0.4) is 0 Å². The summed E-state index contributed by atoms with van der Waals surface area (Å²) in [5, 5.41) is 3.78. The van der Waals surface area contributed by atoms with Crippen molar-refractivity contribution >= 4 is 11.5 Å². The molecule has 0 aromatic carbocycles. The van der Waals surface area contributed by atoms with Gasteiger partial charge in [-0.2, -0.15) is 0 Å². The third-order valence-corrected chi connectivity index (χ3v) is 2.04. The Balaban J connectivity index is 2.39. The molecule has 4 heteroatoms. The second-order valence-electron chi connectivity index (χ2n) is 3.14. The van der Waals surface area contributed by atoms with Crippen molar-refractivity contribution in [1.82, 2.24) is 5.16 Å². The maximum Gasteiger partial charge on any atom is 0.225 e. The molecule has 1 aromatic rings. The molecule has 0 spiro atoms. The number of hydrogen-bond donors (Lipinski definition) is 1. The molecule has 64 valence electrons. The van der Waals surface area contributed by atoms with E-state index < -0.39 is 0 Å². The number of anilines is 1. The Kier molecular flexibility index (Phi) is 1.43. The lowest BCUT2D eigenvalue weighted by Gasteiger charge is -1.90. The van der Waals surface area contributed by atoms with Gasteiger partial charge in [-0.05, 0) is 12.8 Å². The van der Waals surface area contributed by atoms with Gasteiger partial charge < -0.3 is 10.3 Å². The zero-order valence-corrected chi connectivity index (χ0v) is 6.83. The largest absolute Gasteiger partial charge is 0.394 e. The van der Waals surface area contributed by atoms with Crippen molar-refractivity contribution in [3.63, 3.8) is 0 Å². The van der Waals surface area contributed by atoms with Crippen LogP contribution in [0.15, 0.2) is 4.52 Å². The van der Waals surface area contributed by atoms with Gasteiger partial charge in [0.25, 0.3) is 0 Å². The predicted octanol–water partition coefficient (Wildman–Crippen LogP) is 1.34. The first-order valence-corrected chi connectivity index (χ1v) is 3.96. The Morgan fingerprint density at radius 2 is 2.33 bits per heavy atom. The lowest BCUT2D eigenvalue weighted by molar-refractivity contribution is 0.0979. The van der Waals surface area contributed by atoms with Crippen molar-refractivity contribution in [3.8, 4) is 0 Å². The lowest BCUT2D eigenvalue weighted by Crippen LogP contribution is -1.97. The van der Waals surface area contributed by atoms with Gasteiger partial charge in [-0.25, -0.2) is 0 Å². The molecule has 12 heavy (non-hydrogen) atoms. The van der Waals surface area contributed by atoms with Crippen LogP contribution in [0.1, 0.15) is 41.9 Å². The number of carbonyl (C=O) groups is 1. The molecule has 0 unspecified atom stereocenters. The standard InChI is InChI=1S/C8H10N2O2/c1-4(11)8-6(9)7(10-12-8)5-2-3-5/h5H,2-3,9H2,1H3. The fourth-order valence-electron chi connectivity index (χ4n) is 1.21. The van der Waals surface area contributed by atoms with Crippen molar-refractivity contribution in [2.45, 2.75) is 25.7 Å². The van der Waals surface area contributed by atoms with Crippen molar-refractivity contribution in [2.75, 3.05) is 5.73 Å². The van der Waals surface area contributed by atoms with Crippen LogP contribution in [0.2, 0.25) is 0 Å². The molecule has 1 heterocycles.